The van der Waals surface area contributed by atoms with Crippen LogP contribution >= 0.6 is 0 Å². The van der Waals surface area contributed by atoms with Crippen molar-refractivity contribution in [2.24, 2.45) is 0 Å². The van der Waals surface area contributed by atoms with Crippen LogP contribution in [0.3, 0.4) is 0 Å². The molecule has 2 aromatic heterocycles. The Hall–Kier alpha value is -5.69. The van der Waals surface area contributed by atoms with Crippen molar-refractivity contribution >= 4 is 17.7 Å². The molecule has 2 N–H and O–H groups in total. The molecular weight excluding hydrogens is 562 g/mol. The highest BCUT2D eigenvalue weighted by Crippen LogP contribution is 2.44. The molecule has 222 valence electrons. The van der Waals surface area contributed by atoms with E-state index in [1.807, 2.05) is 109 Å². The van der Waals surface area contributed by atoms with Crippen LogP contribution < -0.4 is 5.32 Å². The van der Waals surface area contributed by atoms with E-state index >= 15 is 0 Å². The van der Waals surface area contributed by atoms with Gasteiger partial charge in [0.1, 0.15) is 18.3 Å². The van der Waals surface area contributed by atoms with Gasteiger partial charge >= 0.3 is 12.1 Å². The average Bonchev–Trinajstić information content (AvgIpc) is 3.60. The first kappa shape index (κ1) is 28.1. The lowest BCUT2D eigenvalue weighted by Gasteiger charge is -2.18. The summed E-state index contributed by atoms with van der Waals surface area (Å²) >= 11 is 0. The minimum absolute atomic E-state index is 0.0138. The molecular formula is C38H31N3O4. The van der Waals surface area contributed by atoms with Crippen molar-refractivity contribution < 1.29 is 19.4 Å². The highest BCUT2D eigenvalue weighted by molar-refractivity contribution is 5.82. The van der Waals surface area contributed by atoms with Crippen LogP contribution in [-0.2, 0) is 16.0 Å². The monoisotopic (exact) mass is 593 g/mol. The fourth-order valence-electron chi connectivity index (χ4n) is 6.31. The number of aryl methyl sites for hydroxylation is 1. The van der Waals surface area contributed by atoms with Gasteiger partial charge in [-0.15, -0.1) is 0 Å². The number of pyridine rings is 1. The Labute approximate surface area is 260 Å². The van der Waals surface area contributed by atoms with Crippen molar-refractivity contribution in [2.75, 3.05) is 6.61 Å². The van der Waals surface area contributed by atoms with Crippen LogP contribution in [0.1, 0.15) is 28.3 Å². The molecule has 0 radical (unpaired) electrons. The number of imidazole rings is 1. The van der Waals surface area contributed by atoms with E-state index in [1.165, 1.54) is 0 Å². The van der Waals surface area contributed by atoms with E-state index in [0.29, 0.717) is 11.4 Å². The van der Waals surface area contributed by atoms with Crippen molar-refractivity contribution in [3.05, 3.63) is 144 Å². The molecule has 6 aromatic rings. The van der Waals surface area contributed by atoms with Crippen molar-refractivity contribution in [2.45, 2.75) is 25.3 Å². The summed E-state index contributed by atoms with van der Waals surface area (Å²) < 4.78 is 7.59. The van der Waals surface area contributed by atoms with Crippen LogP contribution in [0.25, 0.3) is 39.2 Å². The summed E-state index contributed by atoms with van der Waals surface area (Å²) in [6, 6.07) is 37.0. The van der Waals surface area contributed by atoms with E-state index in [0.717, 1.165) is 50.2 Å². The van der Waals surface area contributed by atoms with E-state index in [4.69, 9.17) is 9.72 Å². The van der Waals surface area contributed by atoms with Crippen LogP contribution in [-0.4, -0.2) is 39.2 Å². The van der Waals surface area contributed by atoms with Gasteiger partial charge in [-0.2, -0.15) is 0 Å². The van der Waals surface area contributed by atoms with Gasteiger partial charge in [-0.05, 0) is 51.9 Å². The van der Waals surface area contributed by atoms with Gasteiger partial charge in [-0.1, -0.05) is 109 Å². The van der Waals surface area contributed by atoms with Crippen LogP contribution in [0.15, 0.2) is 121 Å². The maximum atomic E-state index is 13.1. The van der Waals surface area contributed by atoms with E-state index in [-0.39, 0.29) is 18.9 Å². The predicted octanol–water partition coefficient (Wildman–Crippen LogP) is 7.51. The molecule has 1 unspecified atom stereocenters. The highest BCUT2D eigenvalue weighted by atomic mass is 16.5. The fourth-order valence-corrected chi connectivity index (χ4v) is 6.31. The van der Waals surface area contributed by atoms with Gasteiger partial charge in [0.2, 0.25) is 0 Å². The molecule has 4 aromatic carbocycles. The Morgan fingerprint density at radius 2 is 1.40 bits per heavy atom. The molecule has 7 rings (SSSR count). The van der Waals surface area contributed by atoms with Crippen LogP contribution in [0.2, 0.25) is 0 Å². The van der Waals surface area contributed by atoms with E-state index in [1.54, 1.807) is 0 Å². The molecule has 0 bridgehead atoms. The van der Waals surface area contributed by atoms with Crippen LogP contribution in [0.4, 0.5) is 4.79 Å². The molecule has 0 spiro atoms. The van der Waals surface area contributed by atoms with Gasteiger partial charge in [0.25, 0.3) is 0 Å². The SMILES string of the molecule is Cc1cccn2c(CC(NC(=O)OCC3c4ccccc4-c4ccccc43)C(=O)O)c(-c3ccc(-c4ccccc4)cc3)nc12. The fraction of sp³-hybridized carbons (Fsp3) is 0.132. The molecule has 1 amide bonds. The zero-order valence-corrected chi connectivity index (χ0v) is 24.7. The largest absolute Gasteiger partial charge is 0.480 e. The van der Waals surface area contributed by atoms with Crippen molar-refractivity contribution in [1.29, 1.82) is 0 Å². The first-order valence-corrected chi connectivity index (χ1v) is 14.9. The molecule has 0 fully saturated rings. The predicted molar refractivity (Wildman–Crippen MR) is 174 cm³/mol. The Bertz CT molecular complexity index is 1990. The molecule has 1 aliphatic rings. The van der Waals surface area contributed by atoms with Gasteiger partial charge < -0.3 is 19.6 Å². The number of hydrogen-bond acceptors (Lipinski definition) is 4. The summed E-state index contributed by atoms with van der Waals surface area (Å²) in [6.07, 6.45) is 1.11. The Morgan fingerprint density at radius 1 is 0.800 bits per heavy atom. The molecule has 0 saturated carbocycles. The molecule has 1 aliphatic carbocycles. The number of nitrogens with zero attached hydrogens (tertiary/aromatic N) is 2. The number of fused-ring (bicyclic) bond motifs is 4. The lowest BCUT2D eigenvalue weighted by atomic mass is 9.98. The second kappa shape index (κ2) is 11.8. The van der Waals surface area contributed by atoms with Gasteiger partial charge in [0, 0.05) is 24.1 Å². The summed E-state index contributed by atoms with van der Waals surface area (Å²) in [5.41, 5.74) is 10.5. The maximum absolute atomic E-state index is 13.1. The zero-order valence-electron chi connectivity index (χ0n) is 24.7. The minimum Gasteiger partial charge on any atom is -0.480 e. The van der Waals surface area contributed by atoms with Crippen molar-refractivity contribution in [3.8, 4) is 33.5 Å². The Kier molecular flexibility index (Phi) is 7.35. The molecule has 0 aliphatic heterocycles. The second-order valence-electron chi connectivity index (χ2n) is 11.3. The van der Waals surface area contributed by atoms with E-state index in [9.17, 15) is 14.7 Å². The van der Waals surface area contributed by atoms with Gasteiger partial charge in [-0.25, -0.2) is 14.6 Å². The second-order valence-corrected chi connectivity index (χ2v) is 11.3. The number of carboxylic acid groups (broad SMARTS) is 1. The summed E-state index contributed by atoms with van der Waals surface area (Å²) in [7, 11) is 0. The van der Waals surface area contributed by atoms with Crippen molar-refractivity contribution in [3.63, 3.8) is 0 Å². The molecule has 2 heterocycles. The third-order valence-electron chi connectivity index (χ3n) is 8.54. The number of nitrogens with one attached hydrogen (secondary N) is 1. The minimum atomic E-state index is -1.23. The first-order valence-electron chi connectivity index (χ1n) is 14.9. The molecule has 1 atom stereocenters. The number of alkyl carbamates (subject to hydrolysis) is 1. The highest BCUT2D eigenvalue weighted by Gasteiger charge is 2.30. The van der Waals surface area contributed by atoms with Crippen molar-refractivity contribution in [1.82, 2.24) is 14.7 Å². The quantitative estimate of drug-likeness (QED) is 0.191. The summed E-state index contributed by atoms with van der Waals surface area (Å²) in [5, 5.41) is 12.8. The van der Waals surface area contributed by atoms with Crippen LogP contribution in [0.5, 0.6) is 0 Å². The number of benzene rings is 4. The van der Waals surface area contributed by atoms with E-state index < -0.39 is 18.1 Å². The van der Waals surface area contributed by atoms with Gasteiger partial charge in [-0.3, -0.25) is 0 Å². The van der Waals surface area contributed by atoms with Crippen LogP contribution in [0, 0.1) is 6.92 Å². The number of hydrogen-bond donors (Lipinski definition) is 2. The Morgan fingerprint density at radius 3 is 2.07 bits per heavy atom. The number of carboxylic acids is 1. The van der Waals surface area contributed by atoms with E-state index in [2.05, 4.69) is 29.6 Å². The standard InChI is InChI=1S/C38H31N3O4/c1-24-10-9-21-41-34(35(40-36(24)41)27-19-17-26(18-20-27)25-11-3-2-4-12-25)22-33(37(42)43)39-38(44)45-23-32-30-15-7-5-13-28(30)29-14-6-8-16-31(29)32/h2-21,32-33H,22-23H2,1H3,(H,39,44)(H,42,43). The average molecular weight is 594 g/mol. The lowest BCUT2D eigenvalue weighted by Crippen LogP contribution is -2.43. The number of ether oxygens (including phenoxy) is 1. The smallest absolute Gasteiger partial charge is 0.407 e. The third-order valence-corrected chi connectivity index (χ3v) is 8.54. The summed E-state index contributed by atoms with van der Waals surface area (Å²) in [4.78, 5) is 30.5. The molecule has 45 heavy (non-hydrogen) atoms. The number of aromatic nitrogens is 2. The van der Waals surface area contributed by atoms with Gasteiger partial charge in [0.15, 0.2) is 0 Å². The summed E-state index contributed by atoms with van der Waals surface area (Å²) in [5.74, 6) is -1.28. The normalized spacial score (nSPS) is 12.8. The summed E-state index contributed by atoms with van der Waals surface area (Å²) in [6.45, 7) is 2.07. The molecule has 0 saturated heterocycles. The zero-order chi connectivity index (χ0) is 30.9. The first-order chi connectivity index (χ1) is 22.0. The molecule has 7 heteroatoms. The number of rotatable bonds is 8. The number of carbonyl (C=O) groups is 2. The topological polar surface area (TPSA) is 92.9 Å². The lowest BCUT2D eigenvalue weighted by molar-refractivity contribution is -0.139. The maximum Gasteiger partial charge on any atom is 0.407 e. The number of carbonyl (C=O) groups excluding carboxylic acids is 1. The third kappa shape index (κ3) is 5.33. The Balaban J connectivity index is 1.13. The number of amides is 1. The van der Waals surface area contributed by atoms with Gasteiger partial charge in [0.05, 0.1) is 11.4 Å². The number of aliphatic carboxylic acids is 1. The molecule has 7 nitrogen and oxygen atoms in total.